The smallest absolute Gasteiger partial charge is 0.296 e. The van der Waals surface area contributed by atoms with Crippen molar-refractivity contribution in [2.45, 2.75) is 60.1 Å². The molecule has 12 aromatic carbocycles. The van der Waals surface area contributed by atoms with Crippen LogP contribution in [0.25, 0.3) is 0 Å². The molecule has 1 fully saturated rings. The highest BCUT2D eigenvalue weighted by Gasteiger charge is 2.26. The van der Waals surface area contributed by atoms with Gasteiger partial charge in [-0.05, 0) is 267 Å². The van der Waals surface area contributed by atoms with Crippen LogP contribution >= 0.6 is 0 Å². The van der Waals surface area contributed by atoms with Gasteiger partial charge >= 0.3 is 0 Å². The van der Waals surface area contributed by atoms with Gasteiger partial charge in [-0.1, -0.05) is 60.7 Å². The number of nitrogens with one attached hydrogen (secondary N) is 2. The van der Waals surface area contributed by atoms with Crippen LogP contribution in [0.4, 0.5) is 126 Å². The van der Waals surface area contributed by atoms with Crippen molar-refractivity contribution in [1.82, 2.24) is 29.9 Å². The summed E-state index contributed by atoms with van der Waals surface area (Å²) in [5.74, 6) is 1.96. The van der Waals surface area contributed by atoms with Crippen molar-refractivity contribution in [2.24, 2.45) is 81.8 Å². The molecule has 0 amide bonds. The molecule has 1 aliphatic rings. The SMILES string of the molecule is Cc1cc(Cc2nc(Cc3ccc(N=Nc4ccc(N=Nc5ccccc5)cc4S(=O)(=O)O)c(C)c3)nc(N3CCN(c4nc(Nc5ccc(N=Nc6ccc(N=Nc7ccc(S(=O)(=O)O)cc7)cc6)c(C)c5)nc(Nc5ccc(N=Nc6ccc(N=Nc7ccccc7)cc6S(=O)(=O)O)c(C)c5)n4)CC3)n2)ccc1N=Nc1ccc(N=Nc2ccc(S(=O)(=O)O)cc2)cc1. The molecule has 6 N–H and O–H groups in total. The lowest BCUT2D eigenvalue weighted by Gasteiger charge is -2.35. The van der Waals surface area contributed by atoms with Gasteiger partial charge in [0, 0.05) is 50.4 Å². The van der Waals surface area contributed by atoms with Gasteiger partial charge in [0.05, 0.1) is 89.4 Å². The molecule has 0 aliphatic carbocycles. The van der Waals surface area contributed by atoms with Gasteiger partial charge in [0.2, 0.25) is 23.8 Å². The summed E-state index contributed by atoms with van der Waals surface area (Å²) in [5, 5.41) is 75.3. The minimum absolute atomic E-state index is 0.124. The van der Waals surface area contributed by atoms with Crippen molar-refractivity contribution in [2.75, 3.05) is 46.6 Å². The molecule has 0 spiro atoms. The predicted octanol–water partition coefficient (Wildman–Crippen LogP) is 23.6. The fourth-order valence-electron chi connectivity index (χ4n) is 12.8. The zero-order valence-electron chi connectivity index (χ0n) is 69.1. The van der Waals surface area contributed by atoms with Crippen LogP contribution in [0.2, 0.25) is 0 Å². The van der Waals surface area contributed by atoms with E-state index in [-0.39, 0.29) is 57.3 Å². The molecule has 2 aromatic heterocycles. The molecular formula is C88H74N26O12S4. The van der Waals surface area contributed by atoms with Crippen LogP contribution in [0, 0.1) is 27.7 Å². The quantitative estimate of drug-likeness (QED) is 0.0180. The molecule has 0 bridgehead atoms. The van der Waals surface area contributed by atoms with Gasteiger partial charge in [0.15, 0.2) is 0 Å². The zero-order chi connectivity index (χ0) is 91.1. The van der Waals surface area contributed by atoms with Crippen LogP contribution in [0.5, 0.6) is 0 Å². The number of hydrogen-bond acceptors (Lipinski definition) is 34. The maximum Gasteiger partial charge on any atom is 0.296 e. The molecule has 130 heavy (non-hydrogen) atoms. The number of azo groups is 8. The number of rotatable bonds is 30. The highest BCUT2D eigenvalue weighted by molar-refractivity contribution is 7.86. The van der Waals surface area contributed by atoms with Crippen LogP contribution in [-0.2, 0) is 53.3 Å². The van der Waals surface area contributed by atoms with E-state index in [2.05, 4.69) is 97.4 Å². The molecule has 1 saturated heterocycles. The normalized spacial score (nSPS) is 13.1. The minimum atomic E-state index is -4.80. The molecular weight excluding hydrogens is 1740 g/mol. The molecule has 0 saturated carbocycles. The predicted molar refractivity (Wildman–Crippen MR) is 485 cm³/mol. The Kier molecular flexibility index (Phi) is 27.1. The van der Waals surface area contributed by atoms with Gasteiger partial charge < -0.3 is 20.4 Å². The van der Waals surface area contributed by atoms with Crippen molar-refractivity contribution in [3.05, 3.63) is 312 Å². The van der Waals surface area contributed by atoms with Gasteiger partial charge in [-0.25, -0.2) is 4.98 Å². The summed E-state index contributed by atoms with van der Waals surface area (Å²) in [6.07, 6.45) is 0.524. The number of aromatic nitrogens is 6. The van der Waals surface area contributed by atoms with Crippen molar-refractivity contribution in [1.29, 1.82) is 0 Å². The van der Waals surface area contributed by atoms with Crippen molar-refractivity contribution < 1.29 is 51.9 Å². The fourth-order valence-corrected chi connectivity index (χ4v) is 15.1. The molecule has 14 aromatic rings. The van der Waals surface area contributed by atoms with E-state index < -0.39 is 50.3 Å². The lowest BCUT2D eigenvalue weighted by atomic mass is 10.1. The van der Waals surface area contributed by atoms with Crippen LogP contribution in [0.3, 0.4) is 0 Å². The number of nitrogens with zero attached hydrogens (tertiary/aromatic N) is 24. The van der Waals surface area contributed by atoms with Crippen molar-refractivity contribution in [3.8, 4) is 0 Å². The third-order valence-corrected chi connectivity index (χ3v) is 23.0. The molecule has 38 nitrogen and oxygen atoms in total. The minimum Gasteiger partial charge on any atom is -0.337 e. The summed E-state index contributed by atoms with van der Waals surface area (Å²) in [6.45, 7) is 8.91. The van der Waals surface area contributed by atoms with Gasteiger partial charge in [-0.2, -0.15) is 130 Å². The lowest BCUT2D eigenvalue weighted by Crippen LogP contribution is -2.48. The van der Waals surface area contributed by atoms with E-state index in [4.69, 9.17) is 29.9 Å². The fraction of sp³-hybridized carbons (Fsp3) is 0.114. The molecule has 1 aliphatic heterocycles. The molecule has 15 rings (SSSR count). The Morgan fingerprint density at radius 1 is 0.269 bits per heavy atom. The summed E-state index contributed by atoms with van der Waals surface area (Å²) < 4.78 is 136. The molecule has 42 heteroatoms. The van der Waals surface area contributed by atoms with E-state index in [0.29, 0.717) is 140 Å². The van der Waals surface area contributed by atoms with E-state index in [1.54, 1.807) is 140 Å². The summed E-state index contributed by atoms with van der Waals surface area (Å²) in [5.41, 5.74) is 11.5. The van der Waals surface area contributed by atoms with Crippen LogP contribution in [0.1, 0.15) is 45.0 Å². The Hall–Kier alpha value is -15.7. The second kappa shape index (κ2) is 39.5. The number of benzene rings is 12. The third kappa shape index (κ3) is 24.1. The van der Waals surface area contributed by atoms with E-state index in [1.807, 2.05) is 74.2 Å². The maximum atomic E-state index is 12.7. The lowest BCUT2D eigenvalue weighted by molar-refractivity contribution is 0.481. The number of anilines is 6. The van der Waals surface area contributed by atoms with Crippen molar-refractivity contribution >= 4 is 167 Å². The van der Waals surface area contributed by atoms with E-state index >= 15 is 0 Å². The van der Waals surface area contributed by atoms with E-state index in [1.165, 1.54) is 72.8 Å². The Balaban J connectivity index is 0.687. The Morgan fingerprint density at radius 2 is 0.538 bits per heavy atom. The first kappa shape index (κ1) is 89.1. The first-order valence-electron chi connectivity index (χ1n) is 39.4. The first-order chi connectivity index (χ1) is 62.4. The molecule has 652 valence electrons. The molecule has 0 radical (unpaired) electrons. The van der Waals surface area contributed by atoms with E-state index in [9.17, 15) is 51.9 Å². The average Bonchev–Trinajstić information content (AvgIpc) is 0.831. The first-order valence-corrected chi connectivity index (χ1v) is 45.2. The van der Waals surface area contributed by atoms with Crippen LogP contribution in [-0.4, -0.2) is 108 Å². The third-order valence-electron chi connectivity index (χ3n) is 19.5. The number of piperazine rings is 1. The standard InChI is InChI=1S/C88H74N26O12S4/c1-55-47-59(15-37-75(55)107-103-65-21-17-63(18-22-65)99-101-67-25-33-73(34-26-67)127(115,116)117)51-83-91-84(52-60-16-38-76(56(2)48-60)109-111-79-41-31-71(53-81(79)129(121,122)123)105-97-61-11-7-5-8-12-61)93-87(92-83)113-43-45-114(46-44-113)88-95-85(89-69-29-39-77(57(3)49-69)108-104-66-23-19-64(20-24-66)100-102-68-27-35-74(36-28-68)128(118,119)120)94-86(96-88)90-70-30-40-78(58(4)50-70)110-112-80-42-32-72(54-82(80)130(124,125)126)106-98-62-13-9-6-10-14-62/h5-42,47-50,53-54H,43-46,51-52H2,1-4H3,(H,115,116,117)(H,118,119,120)(H,121,122,123)(H,124,125,126)(H2,89,90,94,95,96). The Labute approximate surface area is 744 Å². The summed E-state index contributed by atoms with van der Waals surface area (Å²) in [4.78, 5) is 32.6. The Morgan fingerprint density at radius 3 is 0.862 bits per heavy atom. The molecule has 0 atom stereocenters. The highest BCUT2D eigenvalue weighted by atomic mass is 32.2. The van der Waals surface area contributed by atoms with Crippen molar-refractivity contribution in [3.63, 3.8) is 0 Å². The maximum absolute atomic E-state index is 12.7. The van der Waals surface area contributed by atoms with Gasteiger partial charge in [-0.3, -0.25) is 18.2 Å². The summed E-state index contributed by atoms with van der Waals surface area (Å²) in [6, 6.07) is 71.8. The Bertz CT molecular complexity index is 6910. The monoisotopic (exact) mass is 1810 g/mol. The van der Waals surface area contributed by atoms with Crippen LogP contribution in [0.15, 0.2) is 368 Å². The van der Waals surface area contributed by atoms with E-state index in [0.717, 1.165) is 34.4 Å². The largest absolute Gasteiger partial charge is 0.337 e. The van der Waals surface area contributed by atoms with Crippen LogP contribution < -0.4 is 20.4 Å². The zero-order valence-corrected chi connectivity index (χ0v) is 72.3. The summed E-state index contributed by atoms with van der Waals surface area (Å²) >= 11 is 0. The van der Waals surface area contributed by atoms with Gasteiger partial charge in [-0.15, -0.1) is 10.2 Å². The average molecular weight is 1820 g/mol. The molecule has 3 heterocycles. The summed E-state index contributed by atoms with van der Waals surface area (Å²) in [7, 11) is -18.3. The second-order valence-corrected chi connectivity index (χ2v) is 34.7. The number of aryl methyl sites for hydroxylation is 4. The number of hydrogen-bond donors (Lipinski definition) is 6. The molecule has 0 unspecified atom stereocenters. The van der Waals surface area contributed by atoms with Gasteiger partial charge in [0.25, 0.3) is 40.5 Å². The van der Waals surface area contributed by atoms with Gasteiger partial charge in [0.1, 0.15) is 32.8 Å². The topological polar surface area (TPSA) is 523 Å². The highest BCUT2D eigenvalue weighted by Crippen LogP contribution is 2.38. The second-order valence-electron chi connectivity index (χ2n) is 29.1.